The maximum atomic E-state index is 4.51. The van der Waals surface area contributed by atoms with Gasteiger partial charge in [0.1, 0.15) is 23.8 Å². The Labute approximate surface area is 154 Å². The molecule has 2 fully saturated rings. The van der Waals surface area contributed by atoms with Crippen molar-refractivity contribution in [3.8, 4) is 0 Å². The van der Waals surface area contributed by atoms with Gasteiger partial charge >= 0.3 is 0 Å². The largest absolute Gasteiger partial charge is 0.356 e. The van der Waals surface area contributed by atoms with Gasteiger partial charge in [0.25, 0.3) is 0 Å². The molecule has 0 radical (unpaired) electrons. The number of anilines is 1. The fraction of sp³-hybridized carbons (Fsp3) is 0.684. The number of fused-ring (bicyclic) bond motifs is 2. The Morgan fingerprint density at radius 2 is 1.85 bits per heavy atom. The Kier molecular flexibility index (Phi) is 4.11. The van der Waals surface area contributed by atoms with Crippen molar-refractivity contribution in [1.29, 1.82) is 0 Å². The summed E-state index contributed by atoms with van der Waals surface area (Å²) in [6.07, 6.45) is 6.60. The van der Waals surface area contributed by atoms with E-state index < -0.39 is 0 Å². The molecule has 7 heteroatoms. The molecule has 26 heavy (non-hydrogen) atoms. The molecule has 0 aliphatic carbocycles. The number of likely N-dealkylation sites (tertiary alicyclic amines) is 1. The summed E-state index contributed by atoms with van der Waals surface area (Å²) in [5.74, 6) is 4.92. The predicted octanol–water partition coefficient (Wildman–Crippen LogP) is 1.67. The highest BCUT2D eigenvalue weighted by Crippen LogP contribution is 2.34. The van der Waals surface area contributed by atoms with Crippen molar-refractivity contribution in [3.63, 3.8) is 0 Å². The number of hydrogen-bond donors (Lipinski definition) is 0. The molecule has 0 amide bonds. The molecule has 138 valence electrons. The molecule has 2 unspecified atom stereocenters. The van der Waals surface area contributed by atoms with Crippen molar-refractivity contribution in [2.24, 2.45) is 11.8 Å². The lowest BCUT2D eigenvalue weighted by Crippen LogP contribution is -2.30. The van der Waals surface area contributed by atoms with Crippen LogP contribution in [0.1, 0.15) is 36.6 Å². The smallest absolute Gasteiger partial charge is 0.147 e. The van der Waals surface area contributed by atoms with Crippen molar-refractivity contribution in [1.82, 2.24) is 29.6 Å². The molecule has 5 heterocycles. The monoisotopic (exact) mass is 353 g/mol. The second-order valence-electron chi connectivity index (χ2n) is 8.13. The first-order valence-electron chi connectivity index (χ1n) is 9.93. The van der Waals surface area contributed by atoms with E-state index in [0.29, 0.717) is 0 Å². The maximum Gasteiger partial charge on any atom is 0.147 e. The molecule has 7 nitrogen and oxygen atoms in total. The van der Waals surface area contributed by atoms with Crippen molar-refractivity contribution in [2.45, 2.75) is 45.7 Å². The standard InChI is InChI=1S/C19H27N7/c1-14-7-18(21-13-20-14)25-10-15-8-24(9-16(15)11-25)12-19-23-22-17-5-3-2-4-6-26(17)19/h7,13,15-16H,2-6,8-12H2,1H3. The first kappa shape index (κ1) is 16.2. The van der Waals surface area contributed by atoms with E-state index in [2.05, 4.69) is 40.6 Å². The van der Waals surface area contributed by atoms with E-state index in [4.69, 9.17) is 0 Å². The second-order valence-corrected chi connectivity index (χ2v) is 8.13. The van der Waals surface area contributed by atoms with Gasteiger partial charge in [0.15, 0.2) is 0 Å². The van der Waals surface area contributed by atoms with Crippen LogP contribution in [-0.4, -0.2) is 55.8 Å². The molecule has 0 saturated carbocycles. The van der Waals surface area contributed by atoms with Crippen LogP contribution in [0.4, 0.5) is 5.82 Å². The van der Waals surface area contributed by atoms with Crippen LogP contribution in [0.15, 0.2) is 12.4 Å². The highest BCUT2D eigenvalue weighted by Gasteiger charge is 2.40. The first-order chi connectivity index (χ1) is 12.8. The van der Waals surface area contributed by atoms with Crippen LogP contribution in [0.25, 0.3) is 0 Å². The van der Waals surface area contributed by atoms with E-state index in [1.807, 2.05) is 6.92 Å². The SMILES string of the molecule is Cc1cc(N2CC3CN(Cc4nnc5n4CCCCC5)CC3C2)ncn1. The van der Waals surface area contributed by atoms with Crippen LogP contribution in [-0.2, 0) is 19.5 Å². The molecule has 5 rings (SSSR count). The Hall–Kier alpha value is -2.02. The van der Waals surface area contributed by atoms with Gasteiger partial charge in [0.05, 0.1) is 6.54 Å². The van der Waals surface area contributed by atoms with Crippen LogP contribution >= 0.6 is 0 Å². The van der Waals surface area contributed by atoms with Crippen LogP contribution in [0.2, 0.25) is 0 Å². The van der Waals surface area contributed by atoms with E-state index in [9.17, 15) is 0 Å². The van der Waals surface area contributed by atoms with Crippen LogP contribution in [0.3, 0.4) is 0 Å². The van der Waals surface area contributed by atoms with Gasteiger partial charge < -0.3 is 9.47 Å². The molecular weight excluding hydrogens is 326 g/mol. The fourth-order valence-corrected chi connectivity index (χ4v) is 4.88. The van der Waals surface area contributed by atoms with E-state index in [-0.39, 0.29) is 0 Å². The van der Waals surface area contributed by atoms with E-state index in [0.717, 1.165) is 69.0 Å². The number of aryl methyl sites for hydroxylation is 2. The minimum atomic E-state index is 0.733. The van der Waals surface area contributed by atoms with Crippen molar-refractivity contribution in [2.75, 3.05) is 31.1 Å². The average molecular weight is 353 g/mol. The molecule has 2 saturated heterocycles. The Morgan fingerprint density at radius 1 is 1.00 bits per heavy atom. The lowest BCUT2D eigenvalue weighted by molar-refractivity contribution is 0.295. The third-order valence-electron chi connectivity index (χ3n) is 6.23. The fourth-order valence-electron chi connectivity index (χ4n) is 4.88. The van der Waals surface area contributed by atoms with Gasteiger partial charge in [-0.15, -0.1) is 10.2 Å². The third-order valence-corrected chi connectivity index (χ3v) is 6.23. The molecule has 2 aromatic rings. The molecular formula is C19H27N7. The quantitative estimate of drug-likeness (QED) is 0.836. The van der Waals surface area contributed by atoms with Crippen molar-refractivity contribution in [3.05, 3.63) is 29.7 Å². The summed E-state index contributed by atoms with van der Waals surface area (Å²) in [7, 11) is 0. The molecule has 2 atom stereocenters. The Morgan fingerprint density at radius 3 is 2.65 bits per heavy atom. The second kappa shape index (κ2) is 6.61. The number of hydrogen-bond acceptors (Lipinski definition) is 6. The van der Waals surface area contributed by atoms with E-state index in [1.54, 1.807) is 6.33 Å². The lowest BCUT2D eigenvalue weighted by Gasteiger charge is -2.22. The summed E-state index contributed by atoms with van der Waals surface area (Å²) in [6, 6.07) is 2.10. The van der Waals surface area contributed by atoms with Crippen LogP contribution < -0.4 is 4.90 Å². The summed E-state index contributed by atoms with van der Waals surface area (Å²) in [5, 5.41) is 8.97. The molecule has 2 aromatic heterocycles. The zero-order valence-electron chi connectivity index (χ0n) is 15.5. The molecule has 0 aromatic carbocycles. The van der Waals surface area contributed by atoms with Gasteiger partial charge in [0.2, 0.25) is 0 Å². The van der Waals surface area contributed by atoms with Crippen molar-refractivity contribution < 1.29 is 0 Å². The van der Waals surface area contributed by atoms with E-state index >= 15 is 0 Å². The molecule has 0 bridgehead atoms. The van der Waals surface area contributed by atoms with Gasteiger partial charge in [0, 0.05) is 50.9 Å². The number of rotatable bonds is 3. The van der Waals surface area contributed by atoms with Gasteiger partial charge in [-0.3, -0.25) is 4.90 Å². The van der Waals surface area contributed by atoms with Crippen LogP contribution in [0, 0.1) is 18.8 Å². The Bertz CT molecular complexity index is 772. The summed E-state index contributed by atoms with van der Waals surface area (Å²) in [4.78, 5) is 13.7. The highest BCUT2D eigenvalue weighted by atomic mass is 15.3. The number of nitrogens with zero attached hydrogens (tertiary/aromatic N) is 7. The lowest BCUT2D eigenvalue weighted by atomic mass is 10.0. The summed E-state index contributed by atoms with van der Waals surface area (Å²) >= 11 is 0. The van der Waals surface area contributed by atoms with Crippen LogP contribution in [0.5, 0.6) is 0 Å². The summed E-state index contributed by atoms with van der Waals surface area (Å²) in [6.45, 7) is 8.61. The minimum absolute atomic E-state index is 0.733. The minimum Gasteiger partial charge on any atom is -0.356 e. The highest BCUT2D eigenvalue weighted by molar-refractivity contribution is 5.40. The normalized spacial score (nSPS) is 26.0. The molecule has 0 N–H and O–H groups in total. The zero-order chi connectivity index (χ0) is 17.5. The van der Waals surface area contributed by atoms with Gasteiger partial charge in [-0.05, 0) is 31.6 Å². The Balaban J connectivity index is 1.23. The van der Waals surface area contributed by atoms with Gasteiger partial charge in [-0.25, -0.2) is 9.97 Å². The molecule has 3 aliphatic heterocycles. The molecule has 0 spiro atoms. The predicted molar refractivity (Wildman–Crippen MR) is 98.8 cm³/mol. The number of aromatic nitrogens is 5. The van der Waals surface area contributed by atoms with Crippen molar-refractivity contribution >= 4 is 5.82 Å². The topological polar surface area (TPSA) is 63.0 Å². The zero-order valence-corrected chi connectivity index (χ0v) is 15.5. The van der Waals surface area contributed by atoms with Gasteiger partial charge in [-0.2, -0.15) is 0 Å². The van der Waals surface area contributed by atoms with E-state index in [1.165, 1.54) is 30.9 Å². The summed E-state index contributed by atoms with van der Waals surface area (Å²) in [5.41, 5.74) is 1.04. The average Bonchev–Trinajstić information content (AvgIpc) is 3.24. The summed E-state index contributed by atoms with van der Waals surface area (Å²) < 4.78 is 2.39. The van der Waals surface area contributed by atoms with Gasteiger partial charge in [-0.1, -0.05) is 6.42 Å². The third kappa shape index (κ3) is 2.98. The maximum absolute atomic E-state index is 4.51. The first-order valence-corrected chi connectivity index (χ1v) is 9.93. The molecule has 3 aliphatic rings.